The van der Waals surface area contributed by atoms with Crippen LogP contribution < -0.4 is 4.74 Å². The van der Waals surface area contributed by atoms with Gasteiger partial charge in [0.1, 0.15) is 5.75 Å². The fourth-order valence-electron chi connectivity index (χ4n) is 6.44. The first-order valence-corrected chi connectivity index (χ1v) is 12.8. The molecule has 32 heavy (non-hydrogen) atoms. The van der Waals surface area contributed by atoms with E-state index in [1.807, 2.05) is 0 Å². The Balaban J connectivity index is 1.25. The van der Waals surface area contributed by atoms with E-state index in [1.165, 1.54) is 54.9 Å². The summed E-state index contributed by atoms with van der Waals surface area (Å²) in [6.45, 7) is 3.23. The highest BCUT2D eigenvalue weighted by Crippen LogP contribution is 2.38. The molecule has 2 unspecified atom stereocenters. The molecule has 172 valence electrons. The van der Waals surface area contributed by atoms with Crippen molar-refractivity contribution in [3.8, 4) is 5.75 Å². The average molecular weight is 436 g/mol. The van der Waals surface area contributed by atoms with Crippen molar-refractivity contribution in [2.24, 2.45) is 11.8 Å². The zero-order valence-electron chi connectivity index (χ0n) is 19.3. The van der Waals surface area contributed by atoms with Gasteiger partial charge in [0.05, 0.1) is 12.0 Å². The van der Waals surface area contributed by atoms with Gasteiger partial charge in [-0.25, -0.2) is 0 Å². The highest BCUT2D eigenvalue weighted by Gasteiger charge is 2.40. The van der Waals surface area contributed by atoms with Crippen LogP contribution in [-0.2, 0) is 11.3 Å². The topological polar surface area (TPSA) is 49.8 Å². The van der Waals surface area contributed by atoms with Crippen molar-refractivity contribution >= 4 is 16.7 Å². The largest absolute Gasteiger partial charge is 0.490 e. The van der Waals surface area contributed by atoms with E-state index >= 15 is 0 Å². The normalized spacial score (nSPS) is 30.8. The van der Waals surface area contributed by atoms with Gasteiger partial charge in [-0.1, -0.05) is 38.0 Å². The standard InChI is InChI=1S/C28H37NO3/c1-2-19-7-11-26(12-8-19)32-27-13-10-21-14-20(6-9-22(21)17-27)18-29-24-4-3-5-25(29)16-23(15-24)28(30)31/h6,9-10,13-14,17,19,23-26H,2-5,7-8,11-12,15-16,18H2,1H3,(H,30,31)/t19-,23?,24?,25?,26+. The number of ether oxygens (including phenoxy) is 1. The molecule has 2 aromatic carbocycles. The number of carboxylic acids is 1. The summed E-state index contributed by atoms with van der Waals surface area (Å²) in [5.74, 6) is 1.12. The molecule has 2 heterocycles. The summed E-state index contributed by atoms with van der Waals surface area (Å²) in [4.78, 5) is 14.1. The highest BCUT2D eigenvalue weighted by molar-refractivity contribution is 5.84. The molecule has 2 atom stereocenters. The first-order valence-electron chi connectivity index (χ1n) is 12.8. The molecular formula is C28H37NO3. The van der Waals surface area contributed by atoms with Gasteiger partial charge in [0.15, 0.2) is 0 Å². The molecule has 5 rings (SSSR count). The zero-order chi connectivity index (χ0) is 22.1. The summed E-state index contributed by atoms with van der Waals surface area (Å²) < 4.78 is 6.33. The number of carboxylic acid groups (broad SMARTS) is 1. The molecule has 0 radical (unpaired) electrons. The van der Waals surface area contributed by atoms with Crippen LogP contribution in [0.25, 0.3) is 10.8 Å². The molecule has 3 aliphatic rings. The Kier molecular flexibility index (Phi) is 6.41. The van der Waals surface area contributed by atoms with Gasteiger partial charge in [-0.3, -0.25) is 9.69 Å². The minimum atomic E-state index is -0.608. The van der Waals surface area contributed by atoms with E-state index in [0.717, 1.165) is 43.9 Å². The molecule has 0 spiro atoms. The Morgan fingerprint density at radius 2 is 1.66 bits per heavy atom. The third-order valence-corrected chi connectivity index (χ3v) is 8.39. The summed E-state index contributed by atoms with van der Waals surface area (Å²) in [5.41, 5.74) is 1.33. The number of hydrogen-bond acceptors (Lipinski definition) is 3. The lowest BCUT2D eigenvalue weighted by molar-refractivity contribution is -0.146. The van der Waals surface area contributed by atoms with Crippen LogP contribution in [0.4, 0.5) is 0 Å². The van der Waals surface area contributed by atoms with Gasteiger partial charge in [0.25, 0.3) is 0 Å². The molecule has 2 bridgehead atoms. The van der Waals surface area contributed by atoms with Gasteiger partial charge in [-0.2, -0.15) is 0 Å². The van der Waals surface area contributed by atoms with Crippen LogP contribution in [0.2, 0.25) is 0 Å². The van der Waals surface area contributed by atoms with Crippen LogP contribution in [0.1, 0.15) is 76.7 Å². The predicted molar refractivity (Wildman–Crippen MR) is 128 cm³/mol. The molecule has 2 aliphatic heterocycles. The number of benzene rings is 2. The van der Waals surface area contributed by atoms with E-state index in [-0.39, 0.29) is 5.92 Å². The number of nitrogens with zero attached hydrogens (tertiary/aromatic N) is 1. The molecule has 1 aliphatic carbocycles. The Morgan fingerprint density at radius 1 is 0.969 bits per heavy atom. The highest BCUT2D eigenvalue weighted by atomic mass is 16.5. The second-order valence-electron chi connectivity index (χ2n) is 10.4. The molecule has 2 aromatic rings. The van der Waals surface area contributed by atoms with Gasteiger partial charge in [-0.05, 0) is 91.8 Å². The zero-order valence-corrected chi connectivity index (χ0v) is 19.3. The minimum absolute atomic E-state index is 0.159. The van der Waals surface area contributed by atoms with Crippen molar-refractivity contribution < 1.29 is 14.6 Å². The van der Waals surface area contributed by atoms with Crippen LogP contribution in [0.15, 0.2) is 36.4 Å². The molecule has 1 N–H and O–H groups in total. The lowest BCUT2D eigenvalue weighted by atomic mass is 9.78. The second kappa shape index (κ2) is 9.43. The maximum absolute atomic E-state index is 11.5. The summed E-state index contributed by atoms with van der Waals surface area (Å²) >= 11 is 0. The van der Waals surface area contributed by atoms with E-state index in [0.29, 0.717) is 18.2 Å². The van der Waals surface area contributed by atoms with Gasteiger partial charge in [-0.15, -0.1) is 0 Å². The van der Waals surface area contributed by atoms with E-state index < -0.39 is 5.97 Å². The number of rotatable bonds is 6. The number of piperidine rings is 2. The average Bonchev–Trinajstić information content (AvgIpc) is 2.79. The van der Waals surface area contributed by atoms with Crippen LogP contribution in [-0.4, -0.2) is 34.2 Å². The third-order valence-electron chi connectivity index (χ3n) is 8.39. The molecule has 0 aromatic heterocycles. The predicted octanol–water partition coefficient (Wildman–Crippen LogP) is 6.41. The van der Waals surface area contributed by atoms with Crippen molar-refractivity contribution in [2.45, 2.75) is 95.9 Å². The first kappa shape index (κ1) is 21.8. The minimum Gasteiger partial charge on any atom is -0.490 e. The summed E-state index contributed by atoms with van der Waals surface area (Å²) in [7, 11) is 0. The second-order valence-corrected chi connectivity index (χ2v) is 10.4. The molecule has 4 heteroatoms. The maximum Gasteiger partial charge on any atom is 0.306 e. The number of hydrogen-bond donors (Lipinski definition) is 1. The van der Waals surface area contributed by atoms with Crippen LogP contribution in [0.5, 0.6) is 5.75 Å². The Labute approximate surface area is 191 Å². The maximum atomic E-state index is 11.5. The van der Waals surface area contributed by atoms with Crippen molar-refractivity contribution in [3.63, 3.8) is 0 Å². The number of fused-ring (bicyclic) bond motifs is 3. The molecule has 1 saturated carbocycles. The van der Waals surface area contributed by atoms with E-state index in [2.05, 4.69) is 48.2 Å². The summed E-state index contributed by atoms with van der Waals surface area (Å²) in [5, 5.41) is 12.0. The molecule has 4 nitrogen and oxygen atoms in total. The van der Waals surface area contributed by atoms with Gasteiger partial charge in [0, 0.05) is 18.6 Å². The van der Waals surface area contributed by atoms with E-state index in [4.69, 9.17) is 4.74 Å². The Bertz CT molecular complexity index is 935. The number of carbonyl (C=O) groups is 1. The molecule has 2 saturated heterocycles. The van der Waals surface area contributed by atoms with Gasteiger partial charge < -0.3 is 9.84 Å². The van der Waals surface area contributed by atoms with Gasteiger partial charge in [0.2, 0.25) is 0 Å². The van der Waals surface area contributed by atoms with E-state index in [1.54, 1.807) is 0 Å². The van der Waals surface area contributed by atoms with Crippen LogP contribution >= 0.6 is 0 Å². The number of aliphatic carboxylic acids is 1. The lowest BCUT2D eigenvalue weighted by Gasteiger charge is -2.48. The Hall–Kier alpha value is -2.07. The van der Waals surface area contributed by atoms with Crippen molar-refractivity contribution in [1.82, 2.24) is 4.90 Å². The summed E-state index contributed by atoms with van der Waals surface area (Å²) in [6, 6.07) is 14.1. The SMILES string of the molecule is CC[C@H]1CC[C@@H](Oc2ccc3cc(CN4C5CCCC4CC(C(=O)O)C5)ccc3c2)CC1. The summed E-state index contributed by atoms with van der Waals surface area (Å²) in [6.07, 6.45) is 11.7. The quantitative estimate of drug-likeness (QED) is 0.570. The first-order chi connectivity index (χ1) is 15.6. The smallest absolute Gasteiger partial charge is 0.306 e. The van der Waals surface area contributed by atoms with Crippen molar-refractivity contribution in [3.05, 3.63) is 42.0 Å². The Morgan fingerprint density at radius 3 is 2.34 bits per heavy atom. The van der Waals surface area contributed by atoms with Crippen LogP contribution in [0.3, 0.4) is 0 Å². The fourth-order valence-corrected chi connectivity index (χ4v) is 6.44. The van der Waals surface area contributed by atoms with Crippen LogP contribution in [0, 0.1) is 11.8 Å². The lowest BCUT2D eigenvalue weighted by Crippen LogP contribution is -2.52. The monoisotopic (exact) mass is 435 g/mol. The molecular weight excluding hydrogens is 398 g/mol. The van der Waals surface area contributed by atoms with Crippen molar-refractivity contribution in [1.29, 1.82) is 0 Å². The van der Waals surface area contributed by atoms with Gasteiger partial charge >= 0.3 is 5.97 Å². The van der Waals surface area contributed by atoms with Crippen molar-refractivity contribution in [2.75, 3.05) is 0 Å². The third kappa shape index (κ3) is 4.66. The van der Waals surface area contributed by atoms with E-state index in [9.17, 15) is 9.90 Å². The molecule has 3 fully saturated rings. The molecule has 0 amide bonds. The fraction of sp³-hybridized carbons (Fsp3) is 0.607.